The molecule has 0 atom stereocenters. The number of nitrogens with two attached hydrogens (primary N) is 1. The van der Waals surface area contributed by atoms with Crippen LogP contribution in [0.25, 0.3) is 28.5 Å². The van der Waals surface area contributed by atoms with E-state index in [9.17, 15) is 14.4 Å². The van der Waals surface area contributed by atoms with E-state index in [1.54, 1.807) is 42.7 Å². The van der Waals surface area contributed by atoms with Crippen LogP contribution in [-0.2, 0) is 0 Å². The molecule has 3 aromatic heterocycles. The Labute approximate surface area is 168 Å². The number of amides is 2. The number of hydrogen-bond acceptors (Lipinski definition) is 7. The number of hydrogen-bond donors (Lipinski definition) is 3. The van der Waals surface area contributed by atoms with Crippen molar-refractivity contribution in [1.29, 1.82) is 0 Å². The molecule has 0 saturated carbocycles. The third-order valence-electron chi connectivity index (χ3n) is 4.76. The summed E-state index contributed by atoms with van der Waals surface area (Å²) in [7, 11) is 0. The number of fused-ring (bicyclic) bond motifs is 1. The molecule has 1 aliphatic rings. The molecule has 2 amide bonds. The Kier molecular flexibility index (Phi) is 3.78. The number of aromatic amines is 1. The molecule has 146 valence electrons. The average Bonchev–Trinajstić information content (AvgIpc) is 3.34. The molecule has 5 rings (SSSR count). The number of anilines is 1. The van der Waals surface area contributed by atoms with Crippen LogP contribution in [0.2, 0.25) is 0 Å². The lowest BCUT2D eigenvalue weighted by Gasteiger charge is -2.12. The van der Waals surface area contributed by atoms with Crippen molar-refractivity contribution in [3.8, 4) is 28.5 Å². The van der Waals surface area contributed by atoms with Gasteiger partial charge in [0.05, 0.1) is 16.8 Å². The standard InChI is InChI=1S/C20H13N7O3/c21-16-15-13(19(29)24-20(15)30)8-14(28)27(16)12-5-3-10(4-6-12)17-23-18(26-25-17)11-2-1-7-22-9-11/h1-9H,21H2,(H,23,25,26)(H,24,29,30). The highest BCUT2D eigenvalue weighted by Crippen LogP contribution is 2.25. The summed E-state index contributed by atoms with van der Waals surface area (Å²) in [6.07, 6.45) is 3.34. The predicted molar refractivity (Wildman–Crippen MR) is 107 cm³/mol. The van der Waals surface area contributed by atoms with Gasteiger partial charge in [0.15, 0.2) is 11.6 Å². The number of nitrogens with one attached hydrogen (secondary N) is 2. The van der Waals surface area contributed by atoms with Crippen LogP contribution in [0, 0.1) is 0 Å². The molecule has 0 saturated heterocycles. The van der Waals surface area contributed by atoms with Crippen LogP contribution in [0.15, 0.2) is 59.7 Å². The Balaban J connectivity index is 1.52. The molecule has 30 heavy (non-hydrogen) atoms. The summed E-state index contributed by atoms with van der Waals surface area (Å²) in [5.74, 6) is -0.290. The fourth-order valence-electron chi connectivity index (χ4n) is 3.33. The summed E-state index contributed by atoms with van der Waals surface area (Å²) in [4.78, 5) is 44.8. The van der Waals surface area contributed by atoms with E-state index in [0.29, 0.717) is 17.3 Å². The normalized spacial score (nSPS) is 12.7. The first-order valence-corrected chi connectivity index (χ1v) is 8.88. The zero-order chi connectivity index (χ0) is 20.8. The van der Waals surface area contributed by atoms with Crippen molar-refractivity contribution in [1.82, 2.24) is 30.0 Å². The van der Waals surface area contributed by atoms with Gasteiger partial charge in [-0.2, -0.15) is 5.10 Å². The van der Waals surface area contributed by atoms with Crippen LogP contribution in [0.5, 0.6) is 0 Å². The highest BCUT2D eigenvalue weighted by molar-refractivity contribution is 6.23. The van der Waals surface area contributed by atoms with E-state index >= 15 is 0 Å². The summed E-state index contributed by atoms with van der Waals surface area (Å²) in [6, 6.07) is 11.6. The second-order valence-electron chi connectivity index (χ2n) is 6.57. The molecule has 1 aliphatic heterocycles. The first-order chi connectivity index (χ1) is 14.5. The molecule has 0 spiro atoms. The van der Waals surface area contributed by atoms with Crippen molar-refractivity contribution in [2.24, 2.45) is 0 Å². The van der Waals surface area contributed by atoms with Crippen LogP contribution in [0.3, 0.4) is 0 Å². The molecular formula is C20H13N7O3. The number of H-pyrrole nitrogens is 1. The fourth-order valence-corrected chi connectivity index (χ4v) is 3.33. The molecule has 0 bridgehead atoms. The molecule has 0 fully saturated rings. The second kappa shape index (κ2) is 6.48. The maximum absolute atomic E-state index is 12.5. The number of pyridine rings is 2. The summed E-state index contributed by atoms with van der Waals surface area (Å²) < 4.78 is 1.18. The lowest BCUT2D eigenvalue weighted by Crippen LogP contribution is -2.24. The zero-order valence-corrected chi connectivity index (χ0v) is 15.3. The minimum Gasteiger partial charge on any atom is -0.384 e. The number of rotatable bonds is 3. The van der Waals surface area contributed by atoms with E-state index in [1.807, 2.05) is 6.07 Å². The van der Waals surface area contributed by atoms with Crippen LogP contribution in [0.1, 0.15) is 20.7 Å². The average molecular weight is 399 g/mol. The first-order valence-electron chi connectivity index (χ1n) is 8.88. The van der Waals surface area contributed by atoms with Gasteiger partial charge in [-0.1, -0.05) is 0 Å². The lowest BCUT2D eigenvalue weighted by atomic mass is 10.1. The van der Waals surface area contributed by atoms with Gasteiger partial charge < -0.3 is 5.73 Å². The number of imide groups is 1. The van der Waals surface area contributed by atoms with Gasteiger partial charge in [-0.25, -0.2) is 4.98 Å². The molecule has 1 aromatic carbocycles. The summed E-state index contributed by atoms with van der Waals surface area (Å²) in [6.45, 7) is 0. The minimum absolute atomic E-state index is 0.0000217. The quantitative estimate of drug-likeness (QED) is 0.438. The topological polar surface area (TPSA) is 149 Å². The predicted octanol–water partition coefficient (Wildman–Crippen LogP) is 1.15. The molecule has 4 heterocycles. The summed E-state index contributed by atoms with van der Waals surface area (Å²) >= 11 is 0. The van der Waals surface area contributed by atoms with Crippen LogP contribution in [-0.4, -0.2) is 36.5 Å². The van der Waals surface area contributed by atoms with Gasteiger partial charge in [-0.3, -0.25) is 34.4 Å². The minimum atomic E-state index is -0.629. The number of aromatic nitrogens is 5. The van der Waals surface area contributed by atoms with E-state index in [-0.39, 0.29) is 16.9 Å². The van der Waals surface area contributed by atoms with E-state index in [0.717, 1.165) is 17.2 Å². The smallest absolute Gasteiger partial charge is 0.262 e. The molecule has 0 aliphatic carbocycles. The number of nitrogens with zero attached hydrogens (tertiary/aromatic N) is 4. The van der Waals surface area contributed by atoms with Crippen molar-refractivity contribution in [2.45, 2.75) is 0 Å². The second-order valence-corrected chi connectivity index (χ2v) is 6.57. The maximum Gasteiger partial charge on any atom is 0.262 e. The van der Waals surface area contributed by atoms with Gasteiger partial charge in [0.1, 0.15) is 5.82 Å². The summed E-state index contributed by atoms with van der Waals surface area (Å²) in [5, 5.41) is 9.21. The van der Waals surface area contributed by atoms with Crippen LogP contribution < -0.4 is 16.6 Å². The molecule has 0 radical (unpaired) electrons. The number of benzene rings is 1. The highest BCUT2D eigenvalue weighted by Gasteiger charge is 2.31. The van der Waals surface area contributed by atoms with Gasteiger partial charge in [-0.05, 0) is 36.4 Å². The maximum atomic E-state index is 12.5. The largest absolute Gasteiger partial charge is 0.384 e. The van der Waals surface area contributed by atoms with E-state index in [4.69, 9.17) is 5.73 Å². The van der Waals surface area contributed by atoms with Crippen molar-refractivity contribution in [2.75, 3.05) is 5.73 Å². The van der Waals surface area contributed by atoms with E-state index in [1.165, 1.54) is 4.57 Å². The van der Waals surface area contributed by atoms with E-state index in [2.05, 4.69) is 25.5 Å². The Morgan fingerprint density at radius 2 is 1.77 bits per heavy atom. The molecule has 4 N–H and O–H groups in total. The molecule has 10 nitrogen and oxygen atoms in total. The Hall–Kier alpha value is -4.60. The lowest BCUT2D eigenvalue weighted by molar-refractivity contribution is 0.0880. The molecule has 10 heteroatoms. The van der Waals surface area contributed by atoms with Gasteiger partial charge in [0.2, 0.25) is 0 Å². The summed E-state index contributed by atoms with van der Waals surface area (Å²) in [5.41, 5.74) is 7.49. The zero-order valence-electron chi connectivity index (χ0n) is 15.3. The Bertz CT molecular complexity index is 1370. The Morgan fingerprint density at radius 3 is 2.50 bits per heavy atom. The van der Waals surface area contributed by atoms with Crippen LogP contribution in [0.4, 0.5) is 5.82 Å². The number of nitrogen functional groups attached to an aromatic ring is 1. The fraction of sp³-hybridized carbons (Fsp3) is 0. The monoisotopic (exact) mass is 399 g/mol. The third kappa shape index (κ3) is 2.66. The van der Waals surface area contributed by atoms with Gasteiger partial charge in [0.25, 0.3) is 17.4 Å². The Morgan fingerprint density at radius 1 is 0.967 bits per heavy atom. The van der Waals surface area contributed by atoms with Gasteiger partial charge >= 0.3 is 0 Å². The number of carbonyl (C=O) groups excluding carboxylic acids is 2. The SMILES string of the molecule is Nc1c2c(cc(=O)n1-c1ccc(-c3nc(-c4cccnc4)n[nH]3)cc1)C(=O)NC2=O. The molecule has 0 unspecified atom stereocenters. The number of carbonyl (C=O) groups is 2. The van der Waals surface area contributed by atoms with Gasteiger partial charge in [-0.15, -0.1) is 0 Å². The first kappa shape index (κ1) is 17.5. The van der Waals surface area contributed by atoms with Crippen molar-refractivity contribution in [3.05, 3.63) is 76.3 Å². The van der Waals surface area contributed by atoms with Crippen molar-refractivity contribution >= 4 is 17.6 Å². The highest BCUT2D eigenvalue weighted by atomic mass is 16.2. The van der Waals surface area contributed by atoms with Crippen molar-refractivity contribution < 1.29 is 9.59 Å². The molecular weight excluding hydrogens is 386 g/mol. The van der Waals surface area contributed by atoms with Crippen molar-refractivity contribution in [3.63, 3.8) is 0 Å². The van der Waals surface area contributed by atoms with Crippen LogP contribution >= 0.6 is 0 Å². The van der Waals surface area contributed by atoms with Gasteiger partial charge in [0, 0.05) is 29.6 Å². The van der Waals surface area contributed by atoms with E-state index < -0.39 is 17.4 Å². The third-order valence-corrected chi connectivity index (χ3v) is 4.76. The molecule has 4 aromatic rings.